The zero-order valence-electron chi connectivity index (χ0n) is 8.35. The second-order valence-electron chi connectivity index (χ2n) is 3.36. The van der Waals surface area contributed by atoms with Crippen LogP contribution in [0.2, 0.25) is 5.02 Å². The van der Waals surface area contributed by atoms with Crippen molar-refractivity contribution in [3.05, 3.63) is 34.7 Å². The molecule has 0 aliphatic carbocycles. The van der Waals surface area contributed by atoms with E-state index in [0.29, 0.717) is 12.1 Å². The summed E-state index contributed by atoms with van der Waals surface area (Å²) in [5.41, 5.74) is 0.00415. The van der Waals surface area contributed by atoms with Crippen molar-refractivity contribution in [2.75, 3.05) is 0 Å². The average Bonchev–Trinajstić information content (AvgIpc) is 2.60. The highest BCUT2D eigenvalue weighted by molar-refractivity contribution is 6.34. The zero-order chi connectivity index (χ0) is 11.9. The summed E-state index contributed by atoms with van der Waals surface area (Å²) in [5, 5.41) is -0.352. The molecule has 0 saturated carbocycles. The van der Waals surface area contributed by atoms with Gasteiger partial charge in [-0.2, -0.15) is 13.2 Å². The highest BCUT2D eigenvalue weighted by Crippen LogP contribution is 2.36. The molecule has 0 N–H and O–H groups in total. The molecule has 2 nitrogen and oxygen atoms in total. The molecule has 2 aromatic rings. The van der Waals surface area contributed by atoms with Crippen molar-refractivity contribution in [3.63, 3.8) is 0 Å². The second kappa shape index (κ2) is 3.66. The van der Waals surface area contributed by atoms with Gasteiger partial charge in [-0.15, -0.1) is 0 Å². The monoisotopic (exact) mass is 248 g/mol. The highest BCUT2D eigenvalue weighted by atomic mass is 35.5. The van der Waals surface area contributed by atoms with E-state index >= 15 is 0 Å². The van der Waals surface area contributed by atoms with Crippen molar-refractivity contribution in [1.29, 1.82) is 0 Å². The van der Waals surface area contributed by atoms with E-state index in [-0.39, 0.29) is 10.7 Å². The molecule has 0 unspecified atom stereocenters. The van der Waals surface area contributed by atoms with Crippen LogP contribution in [-0.4, -0.2) is 9.38 Å². The maximum absolute atomic E-state index is 12.5. The van der Waals surface area contributed by atoms with Gasteiger partial charge < -0.3 is 4.40 Å². The summed E-state index contributed by atoms with van der Waals surface area (Å²) in [6.45, 7) is 1.88. The fourth-order valence-electron chi connectivity index (χ4n) is 1.46. The van der Waals surface area contributed by atoms with Crippen molar-refractivity contribution in [1.82, 2.24) is 9.38 Å². The maximum atomic E-state index is 12.5. The maximum Gasteiger partial charge on any atom is 0.418 e. The van der Waals surface area contributed by atoms with E-state index in [1.165, 1.54) is 10.6 Å². The molecular formula is C10H8ClF3N2. The van der Waals surface area contributed by atoms with Crippen LogP contribution in [0, 0.1) is 0 Å². The molecule has 0 radical (unpaired) electrons. The van der Waals surface area contributed by atoms with Crippen LogP contribution in [0.25, 0.3) is 5.65 Å². The number of nitrogens with zero attached hydrogens (tertiary/aromatic N) is 2. The molecule has 0 aliphatic rings. The minimum atomic E-state index is -4.45. The number of rotatable bonds is 1. The summed E-state index contributed by atoms with van der Waals surface area (Å²) in [6, 6.07) is 0.955. The Morgan fingerprint density at radius 3 is 2.69 bits per heavy atom. The van der Waals surface area contributed by atoms with E-state index in [4.69, 9.17) is 11.6 Å². The molecule has 6 heteroatoms. The lowest BCUT2D eigenvalue weighted by atomic mass is 10.2. The third-order valence-electron chi connectivity index (χ3n) is 2.28. The number of pyridine rings is 1. The number of halogens is 4. The molecule has 86 valence electrons. The lowest BCUT2D eigenvalue weighted by molar-refractivity contribution is -0.137. The van der Waals surface area contributed by atoms with Gasteiger partial charge in [-0.25, -0.2) is 4.98 Å². The summed E-state index contributed by atoms with van der Waals surface area (Å²) in [7, 11) is 0. The van der Waals surface area contributed by atoms with Crippen LogP contribution >= 0.6 is 11.6 Å². The Kier molecular flexibility index (Phi) is 2.58. The zero-order valence-corrected chi connectivity index (χ0v) is 9.10. The number of fused-ring (bicyclic) bond motifs is 1. The smallest absolute Gasteiger partial charge is 0.306 e. The van der Waals surface area contributed by atoms with Gasteiger partial charge in [0.1, 0.15) is 0 Å². The number of aryl methyl sites for hydroxylation is 1. The molecule has 0 amide bonds. The molecule has 0 bridgehead atoms. The number of imidazole rings is 1. The normalized spacial score (nSPS) is 12.3. The van der Waals surface area contributed by atoms with E-state index < -0.39 is 11.7 Å². The van der Waals surface area contributed by atoms with Gasteiger partial charge in [-0.05, 0) is 12.5 Å². The van der Waals surface area contributed by atoms with Crippen LogP contribution < -0.4 is 0 Å². The Balaban J connectivity index is 2.69. The second-order valence-corrected chi connectivity index (χ2v) is 3.74. The van der Waals surface area contributed by atoms with Gasteiger partial charge in [0, 0.05) is 12.4 Å². The molecule has 16 heavy (non-hydrogen) atoms. The van der Waals surface area contributed by atoms with Crippen LogP contribution in [0.5, 0.6) is 0 Å². The molecule has 2 heterocycles. The topological polar surface area (TPSA) is 17.3 Å². The molecule has 2 rings (SSSR count). The van der Waals surface area contributed by atoms with Gasteiger partial charge in [0.05, 0.1) is 16.3 Å². The molecule has 0 atom stereocenters. The van der Waals surface area contributed by atoms with Gasteiger partial charge in [0.15, 0.2) is 5.65 Å². The SMILES string of the molecule is CCc1cn2ccc(C(F)(F)F)c(Cl)c2n1. The van der Waals surface area contributed by atoms with Gasteiger partial charge in [-0.1, -0.05) is 18.5 Å². The van der Waals surface area contributed by atoms with Crippen molar-refractivity contribution < 1.29 is 13.2 Å². The number of hydrogen-bond acceptors (Lipinski definition) is 1. The highest BCUT2D eigenvalue weighted by Gasteiger charge is 2.34. The fraction of sp³-hybridized carbons (Fsp3) is 0.300. The molecule has 2 aromatic heterocycles. The van der Waals surface area contributed by atoms with Crippen LogP contribution in [0.4, 0.5) is 13.2 Å². The van der Waals surface area contributed by atoms with E-state index in [9.17, 15) is 13.2 Å². The third-order valence-corrected chi connectivity index (χ3v) is 2.66. The van der Waals surface area contributed by atoms with Crippen molar-refractivity contribution in [3.8, 4) is 0 Å². The van der Waals surface area contributed by atoms with Crippen LogP contribution in [0.3, 0.4) is 0 Å². The summed E-state index contributed by atoms with van der Waals surface area (Å²) in [4.78, 5) is 4.04. The lowest BCUT2D eigenvalue weighted by Gasteiger charge is -2.08. The summed E-state index contributed by atoms with van der Waals surface area (Å²) in [6.07, 6.45) is -0.811. The van der Waals surface area contributed by atoms with E-state index in [0.717, 1.165) is 6.07 Å². The van der Waals surface area contributed by atoms with Gasteiger partial charge in [0.25, 0.3) is 0 Å². The first-order valence-corrected chi connectivity index (χ1v) is 5.04. The Hall–Kier alpha value is -1.23. The number of alkyl halides is 3. The van der Waals surface area contributed by atoms with E-state index in [2.05, 4.69) is 4.98 Å². The van der Waals surface area contributed by atoms with E-state index in [1.54, 1.807) is 6.20 Å². The molecule has 0 aromatic carbocycles. The first-order chi connectivity index (χ1) is 7.43. The van der Waals surface area contributed by atoms with Gasteiger partial charge >= 0.3 is 6.18 Å². The predicted molar refractivity (Wildman–Crippen MR) is 54.6 cm³/mol. The first-order valence-electron chi connectivity index (χ1n) is 4.66. The van der Waals surface area contributed by atoms with Gasteiger partial charge in [0.2, 0.25) is 0 Å². The third kappa shape index (κ3) is 1.75. The summed E-state index contributed by atoms with van der Waals surface area (Å²) < 4.78 is 39.1. The average molecular weight is 249 g/mol. The number of hydrogen-bond donors (Lipinski definition) is 0. The lowest BCUT2D eigenvalue weighted by Crippen LogP contribution is -2.06. The Bertz CT molecular complexity index is 531. The van der Waals surface area contributed by atoms with Crippen LogP contribution in [0.15, 0.2) is 18.5 Å². The molecule has 0 saturated heterocycles. The molecule has 0 fully saturated rings. The summed E-state index contributed by atoms with van der Waals surface area (Å²) >= 11 is 5.69. The van der Waals surface area contributed by atoms with Crippen molar-refractivity contribution in [2.24, 2.45) is 0 Å². The largest absolute Gasteiger partial charge is 0.418 e. The van der Waals surface area contributed by atoms with Crippen LogP contribution in [0.1, 0.15) is 18.2 Å². The standard InChI is InChI=1S/C10H8ClF3N2/c1-2-6-5-16-4-3-7(10(12,13)14)8(11)9(16)15-6/h3-5H,2H2,1H3. The van der Waals surface area contributed by atoms with Crippen LogP contribution in [-0.2, 0) is 12.6 Å². The minimum absolute atomic E-state index is 0.147. The fourth-order valence-corrected chi connectivity index (χ4v) is 1.77. The van der Waals surface area contributed by atoms with Crippen molar-refractivity contribution in [2.45, 2.75) is 19.5 Å². The predicted octanol–water partition coefficient (Wildman–Crippen LogP) is 3.57. The Labute approximate surface area is 94.7 Å². The van der Waals surface area contributed by atoms with E-state index in [1.807, 2.05) is 6.92 Å². The Morgan fingerprint density at radius 1 is 1.44 bits per heavy atom. The first kappa shape index (κ1) is 11.3. The Morgan fingerprint density at radius 2 is 2.12 bits per heavy atom. The quantitative estimate of drug-likeness (QED) is 0.754. The van der Waals surface area contributed by atoms with Crippen molar-refractivity contribution >= 4 is 17.2 Å². The molecule has 0 spiro atoms. The molecular weight excluding hydrogens is 241 g/mol. The minimum Gasteiger partial charge on any atom is -0.306 e. The summed E-state index contributed by atoms with van der Waals surface area (Å²) in [5.74, 6) is 0. The number of aromatic nitrogens is 2. The van der Waals surface area contributed by atoms with Gasteiger partial charge in [-0.3, -0.25) is 0 Å². The molecule has 0 aliphatic heterocycles.